The Labute approximate surface area is 262 Å². The highest BCUT2D eigenvalue weighted by Gasteiger charge is 2.48. The molecule has 0 aliphatic heterocycles. The summed E-state index contributed by atoms with van der Waals surface area (Å²) in [6.07, 6.45) is -0.0455. The predicted octanol–water partition coefficient (Wildman–Crippen LogP) is 6.30. The third-order valence-electron chi connectivity index (χ3n) is 7.82. The lowest BCUT2D eigenvalue weighted by molar-refractivity contribution is -0.141. The van der Waals surface area contributed by atoms with E-state index >= 15 is 0 Å². The van der Waals surface area contributed by atoms with Crippen LogP contribution in [0.25, 0.3) is 10.8 Å². The van der Waals surface area contributed by atoms with Crippen LogP contribution < -0.4 is 10.6 Å². The topological polar surface area (TPSA) is 128 Å². The highest BCUT2D eigenvalue weighted by atomic mass is 16.6. The monoisotopic (exact) mass is 609 g/mol. The van der Waals surface area contributed by atoms with E-state index in [9.17, 15) is 24.6 Å². The van der Waals surface area contributed by atoms with Crippen molar-refractivity contribution in [2.75, 3.05) is 5.32 Å². The fourth-order valence-electron chi connectivity index (χ4n) is 5.48. The van der Waals surface area contributed by atoms with Crippen molar-refractivity contribution in [3.8, 4) is 11.5 Å². The Morgan fingerprint density at radius 3 is 2.20 bits per heavy atom. The van der Waals surface area contributed by atoms with Gasteiger partial charge < -0.3 is 30.5 Å². The summed E-state index contributed by atoms with van der Waals surface area (Å²) in [4.78, 5) is 43.4. The fraction of sp³-hybridized carbons (Fsp3) is 0.306. The van der Waals surface area contributed by atoms with Gasteiger partial charge in [0.1, 0.15) is 29.2 Å². The number of phenolic OH excluding ortho intramolecular Hbond substituents is 2. The van der Waals surface area contributed by atoms with E-state index in [2.05, 4.69) is 10.6 Å². The van der Waals surface area contributed by atoms with E-state index < -0.39 is 35.6 Å². The molecule has 4 atom stereocenters. The molecule has 1 aliphatic rings. The van der Waals surface area contributed by atoms with Gasteiger partial charge in [-0.25, -0.2) is 4.79 Å². The number of hydrogen-bond acceptors (Lipinski definition) is 6. The number of phenols is 2. The average molecular weight is 610 g/mol. The van der Waals surface area contributed by atoms with Gasteiger partial charge in [0.05, 0.1) is 0 Å². The molecule has 4 aromatic rings. The number of benzene rings is 4. The molecule has 1 fully saturated rings. The van der Waals surface area contributed by atoms with E-state index in [1.165, 1.54) is 23.1 Å². The zero-order valence-electron chi connectivity index (χ0n) is 25.9. The molecule has 234 valence electrons. The van der Waals surface area contributed by atoms with E-state index in [1.54, 1.807) is 57.2 Å². The van der Waals surface area contributed by atoms with E-state index in [4.69, 9.17) is 4.74 Å². The minimum Gasteiger partial charge on any atom is -0.508 e. The van der Waals surface area contributed by atoms with Crippen LogP contribution in [0.1, 0.15) is 51.3 Å². The van der Waals surface area contributed by atoms with E-state index in [1.807, 2.05) is 43.3 Å². The van der Waals surface area contributed by atoms with Crippen molar-refractivity contribution in [3.63, 3.8) is 0 Å². The van der Waals surface area contributed by atoms with Crippen LogP contribution in [0, 0.1) is 5.92 Å². The second kappa shape index (κ2) is 12.9. The van der Waals surface area contributed by atoms with Gasteiger partial charge in [0.25, 0.3) is 5.91 Å². The van der Waals surface area contributed by atoms with Crippen molar-refractivity contribution in [2.45, 2.75) is 64.3 Å². The molecule has 1 aliphatic carbocycles. The maximum absolute atomic E-state index is 14.6. The van der Waals surface area contributed by atoms with Gasteiger partial charge in [0.15, 0.2) is 0 Å². The first-order valence-corrected chi connectivity index (χ1v) is 15.1. The Morgan fingerprint density at radius 2 is 1.56 bits per heavy atom. The van der Waals surface area contributed by atoms with Crippen molar-refractivity contribution >= 4 is 34.4 Å². The summed E-state index contributed by atoms with van der Waals surface area (Å²) < 4.78 is 5.50. The summed E-state index contributed by atoms with van der Waals surface area (Å²) >= 11 is 0. The number of ether oxygens (including phenoxy) is 1. The van der Waals surface area contributed by atoms with Gasteiger partial charge in [-0.1, -0.05) is 67.6 Å². The van der Waals surface area contributed by atoms with Gasteiger partial charge in [-0.05, 0) is 79.8 Å². The molecule has 9 heteroatoms. The van der Waals surface area contributed by atoms with Crippen LogP contribution in [-0.4, -0.2) is 50.7 Å². The van der Waals surface area contributed by atoms with Crippen LogP contribution >= 0.6 is 0 Å². The van der Waals surface area contributed by atoms with E-state index in [0.717, 1.165) is 10.8 Å². The third-order valence-corrected chi connectivity index (χ3v) is 7.82. The van der Waals surface area contributed by atoms with Crippen molar-refractivity contribution in [1.29, 1.82) is 0 Å². The molecule has 45 heavy (non-hydrogen) atoms. The first kappa shape index (κ1) is 31.4. The normalized spacial score (nSPS) is 17.2. The number of carbonyl (C=O) groups is 3. The van der Waals surface area contributed by atoms with E-state index in [-0.39, 0.29) is 35.4 Å². The lowest BCUT2D eigenvalue weighted by Crippen LogP contribution is -2.54. The maximum atomic E-state index is 14.6. The minimum absolute atomic E-state index is 0.0696. The average Bonchev–Trinajstić information content (AvgIpc) is 3.71. The Kier molecular flexibility index (Phi) is 8.99. The van der Waals surface area contributed by atoms with Gasteiger partial charge in [0, 0.05) is 23.7 Å². The summed E-state index contributed by atoms with van der Waals surface area (Å²) in [7, 11) is 0. The lowest BCUT2D eigenvalue weighted by Gasteiger charge is -2.35. The molecular weight excluding hydrogens is 570 g/mol. The van der Waals surface area contributed by atoms with Crippen LogP contribution in [0.3, 0.4) is 0 Å². The van der Waals surface area contributed by atoms with Gasteiger partial charge in [-0.15, -0.1) is 0 Å². The number of anilines is 1. The van der Waals surface area contributed by atoms with Crippen molar-refractivity contribution in [1.82, 2.24) is 10.2 Å². The Hall–Kier alpha value is -5.05. The number of amides is 3. The summed E-state index contributed by atoms with van der Waals surface area (Å²) in [5.41, 5.74) is 0.691. The first-order valence-electron chi connectivity index (χ1n) is 15.1. The number of hydrogen-bond donors (Lipinski definition) is 4. The predicted molar refractivity (Wildman–Crippen MR) is 173 cm³/mol. The summed E-state index contributed by atoms with van der Waals surface area (Å²) in [5.74, 6) is -0.964. The molecule has 1 saturated carbocycles. The van der Waals surface area contributed by atoms with Gasteiger partial charge >= 0.3 is 6.09 Å². The van der Waals surface area contributed by atoms with Gasteiger partial charge in [0.2, 0.25) is 5.91 Å². The van der Waals surface area contributed by atoms with Crippen molar-refractivity contribution in [2.24, 2.45) is 5.92 Å². The summed E-state index contributed by atoms with van der Waals surface area (Å²) in [6, 6.07) is 23.5. The van der Waals surface area contributed by atoms with Gasteiger partial charge in [-0.2, -0.15) is 0 Å². The summed E-state index contributed by atoms with van der Waals surface area (Å²) in [6.45, 7) is 7.18. The maximum Gasteiger partial charge on any atom is 0.408 e. The van der Waals surface area contributed by atoms with Crippen molar-refractivity contribution in [3.05, 3.63) is 102 Å². The SMILES string of the molecule is CC1CC1N(C(=O)C(Cc1ccc(O)cc1)NC(=O)OC(C)(C)C)C(C(=O)Nc1ccc2ccccc2c1)c1ccccc1O. The molecule has 0 saturated heterocycles. The van der Waals surface area contributed by atoms with Crippen molar-refractivity contribution < 1.29 is 29.3 Å². The van der Waals surface area contributed by atoms with Crippen LogP contribution in [0.4, 0.5) is 10.5 Å². The molecular formula is C36H39N3O6. The number of rotatable bonds is 9. The number of alkyl carbamates (subject to hydrolysis) is 1. The van der Waals surface area contributed by atoms with Crippen LogP contribution in [0.2, 0.25) is 0 Å². The van der Waals surface area contributed by atoms with Crippen LogP contribution in [0.15, 0.2) is 91.0 Å². The second-order valence-corrected chi connectivity index (χ2v) is 12.6. The molecule has 0 radical (unpaired) electrons. The molecule has 9 nitrogen and oxygen atoms in total. The highest BCUT2D eigenvalue weighted by Crippen LogP contribution is 2.42. The van der Waals surface area contributed by atoms with Crippen LogP contribution in [-0.2, 0) is 20.7 Å². The second-order valence-electron chi connectivity index (χ2n) is 12.6. The molecule has 0 bridgehead atoms. The first-order chi connectivity index (χ1) is 21.4. The molecule has 0 spiro atoms. The number of carbonyl (C=O) groups excluding carboxylic acids is 3. The van der Waals surface area contributed by atoms with Crippen LogP contribution in [0.5, 0.6) is 11.5 Å². The van der Waals surface area contributed by atoms with Gasteiger partial charge in [-0.3, -0.25) is 9.59 Å². The molecule has 4 aromatic carbocycles. The minimum atomic E-state index is -1.21. The molecule has 4 N–H and O–H groups in total. The number of fused-ring (bicyclic) bond motifs is 1. The Balaban J connectivity index is 1.54. The molecule has 5 rings (SSSR count). The third kappa shape index (κ3) is 7.73. The number of nitrogens with zero attached hydrogens (tertiary/aromatic N) is 1. The number of nitrogens with one attached hydrogen (secondary N) is 2. The summed E-state index contributed by atoms with van der Waals surface area (Å²) in [5, 5.41) is 28.4. The Bertz CT molecular complexity index is 1700. The smallest absolute Gasteiger partial charge is 0.408 e. The molecule has 0 heterocycles. The quantitative estimate of drug-likeness (QED) is 0.176. The molecule has 0 aromatic heterocycles. The Morgan fingerprint density at radius 1 is 0.911 bits per heavy atom. The fourth-order valence-corrected chi connectivity index (χ4v) is 5.48. The zero-order chi connectivity index (χ0) is 32.3. The zero-order valence-corrected chi connectivity index (χ0v) is 25.9. The largest absolute Gasteiger partial charge is 0.508 e. The standard InChI is InChI=1S/C36H39N3O6/c1-22-19-30(22)39(34(43)29(38-35(44)45-36(2,3)4)20-23-13-17-27(40)18-14-23)32(28-11-7-8-12-31(28)41)33(42)37-26-16-15-24-9-5-6-10-25(24)21-26/h5-18,21-22,29-30,32,40-41H,19-20H2,1-4H3,(H,37,42)(H,38,44). The number of aromatic hydroxyl groups is 2. The highest BCUT2D eigenvalue weighted by molar-refractivity contribution is 6.01. The molecule has 3 amide bonds. The molecule has 4 unspecified atom stereocenters. The lowest BCUT2D eigenvalue weighted by atomic mass is 9.99. The van der Waals surface area contributed by atoms with E-state index in [0.29, 0.717) is 17.7 Å². The number of para-hydroxylation sites is 1.